The van der Waals surface area contributed by atoms with Crippen molar-refractivity contribution < 1.29 is 22.1 Å². The number of hydrogen-bond acceptors (Lipinski definition) is 5. The Labute approximate surface area is 150 Å². The number of rotatable bonds is 4. The molecule has 25 heavy (non-hydrogen) atoms. The van der Waals surface area contributed by atoms with Crippen molar-refractivity contribution in [1.82, 2.24) is 0 Å². The van der Waals surface area contributed by atoms with E-state index in [4.69, 9.17) is 8.92 Å². The number of ether oxygens (including phenoxy) is 1. The first-order valence-electron chi connectivity index (χ1n) is 8.27. The summed E-state index contributed by atoms with van der Waals surface area (Å²) in [5, 5.41) is 0. The highest BCUT2D eigenvalue weighted by atomic mass is 32.2. The van der Waals surface area contributed by atoms with Crippen LogP contribution in [0.1, 0.15) is 45.7 Å². The molecule has 1 heterocycles. The number of fused-ring (bicyclic) bond motifs is 1. The van der Waals surface area contributed by atoms with E-state index < -0.39 is 15.7 Å². The van der Waals surface area contributed by atoms with Crippen molar-refractivity contribution in [3.63, 3.8) is 0 Å². The summed E-state index contributed by atoms with van der Waals surface area (Å²) < 4.78 is 32.4. The Bertz CT molecular complexity index is 762. The van der Waals surface area contributed by atoms with Crippen molar-refractivity contribution in [3.05, 3.63) is 29.3 Å². The van der Waals surface area contributed by atoms with E-state index in [1.54, 1.807) is 4.90 Å². The first-order valence-corrected chi connectivity index (χ1v) is 10.1. The second-order valence-electron chi connectivity index (χ2n) is 8.08. The topological polar surface area (TPSA) is 72.9 Å². The molecule has 0 N–H and O–H groups in total. The average Bonchev–Trinajstić information content (AvgIpc) is 2.67. The smallest absolute Gasteiger partial charge is 0.414 e. The largest absolute Gasteiger partial charge is 0.443 e. The van der Waals surface area contributed by atoms with Gasteiger partial charge in [-0.2, -0.15) is 8.42 Å². The Hall–Kier alpha value is -1.60. The van der Waals surface area contributed by atoms with Crippen LogP contribution in [-0.4, -0.2) is 39.5 Å². The number of benzene rings is 1. The predicted molar refractivity (Wildman–Crippen MR) is 97.5 cm³/mol. The van der Waals surface area contributed by atoms with E-state index in [-0.39, 0.29) is 18.1 Å². The van der Waals surface area contributed by atoms with Crippen molar-refractivity contribution >= 4 is 21.9 Å². The molecule has 2 rings (SSSR count). The van der Waals surface area contributed by atoms with Crippen LogP contribution in [-0.2, 0) is 30.9 Å². The second-order valence-corrected chi connectivity index (χ2v) is 9.72. The summed E-state index contributed by atoms with van der Waals surface area (Å²) in [4.78, 5) is 14.2. The normalized spacial score (nSPS) is 16.6. The van der Waals surface area contributed by atoms with Crippen LogP contribution in [0.4, 0.5) is 10.5 Å². The maximum atomic E-state index is 12.5. The molecule has 0 aromatic heterocycles. The lowest BCUT2D eigenvalue weighted by Crippen LogP contribution is -2.38. The van der Waals surface area contributed by atoms with Gasteiger partial charge in [0.25, 0.3) is 10.1 Å². The summed E-state index contributed by atoms with van der Waals surface area (Å²) in [6, 6.07) is 5.80. The van der Waals surface area contributed by atoms with Crippen molar-refractivity contribution in [2.24, 2.45) is 0 Å². The molecule has 1 amide bonds. The quantitative estimate of drug-likeness (QED) is 0.762. The Balaban J connectivity index is 2.21. The van der Waals surface area contributed by atoms with Crippen LogP contribution in [0.2, 0.25) is 0 Å². The fraction of sp³-hybridized carbons (Fsp3) is 0.611. The van der Waals surface area contributed by atoms with Gasteiger partial charge < -0.3 is 4.74 Å². The summed E-state index contributed by atoms with van der Waals surface area (Å²) in [6.45, 7) is 10.3. The van der Waals surface area contributed by atoms with E-state index in [0.717, 1.165) is 23.1 Å². The summed E-state index contributed by atoms with van der Waals surface area (Å²) in [5.41, 5.74) is 2.11. The molecule has 0 bridgehead atoms. The van der Waals surface area contributed by atoms with E-state index in [0.29, 0.717) is 13.0 Å². The molecule has 0 saturated carbocycles. The minimum Gasteiger partial charge on any atom is -0.443 e. The zero-order chi connectivity index (χ0) is 19.0. The van der Waals surface area contributed by atoms with Gasteiger partial charge in [0, 0.05) is 12.0 Å². The number of carbonyl (C=O) groups is 1. The molecule has 7 heteroatoms. The highest BCUT2D eigenvalue weighted by Crippen LogP contribution is 2.41. The van der Waals surface area contributed by atoms with E-state index in [1.165, 1.54) is 0 Å². The molecule has 1 aromatic carbocycles. The first-order chi connectivity index (χ1) is 11.3. The zero-order valence-electron chi connectivity index (χ0n) is 15.8. The maximum Gasteiger partial charge on any atom is 0.414 e. The van der Waals surface area contributed by atoms with Gasteiger partial charge in [0.15, 0.2) is 0 Å². The number of amides is 1. The number of hydrogen-bond donors (Lipinski definition) is 0. The van der Waals surface area contributed by atoms with Crippen molar-refractivity contribution in [1.29, 1.82) is 0 Å². The fourth-order valence-corrected chi connectivity index (χ4v) is 3.26. The average molecular weight is 369 g/mol. The highest BCUT2D eigenvalue weighted by Gasteiger charge is 2.39. The van der Waals surface area contributed by atoms with Gasteiger partial charge in [0.2, 0.25) is 0 Å². The van der Waals surface area contributed by atoms with Crippen LogP contribution in [0.3, 0.4) is 0 Å². The van der Waals surface area contributed by atoms with Crippen LogP contribution < -0.4 is 4.90 Å². The monoisotopic (exact) mass is 369 g/mol. The zero-order valence-corrected chi connectivity index (χ0v) is 16.6. The lowest BCUT2D eigenvalue weighted by molar-refractivity contribution is 0.0579. The van der Waals surface area contributed by atoms with Gasteiger partial charge in [-0.05, 0) is 44.4 Å². The minimum absolute atomic E-state index is 0.105. The highest BCUT2D eigenvalue weighted by molar-refractivity contribution is 7.85. The molecule has 0 fully saturated rings. The van der Waals surface area contributed by atoms with Gasteiger partial charge in [-0.3, -0.25) is 9.08 Å². The van der Waals surface area contributed by atoms with Crippen LogP contribution in [0, 0.1) is 0 Å². The van der Waals surface area contributed by atoms with Gasteiger partial charge >= 0.3 is 6.09 Å². The molecule has 0 radical (unpaired) electrons. The third kappa shape index (κ3) is 5.19. The standard InChI is InChI=1S/C18H27NO5S/c1-17(2,3)24-16(20)19-12-18(4,5)14-11-13(7-8-15(14)19)9-10-23-25(6,21)22/h7-8,11H,9-10,12H2,1-6H3. The van der Waals surface area contributed by atoms with E-state index in [1.807, 2.05) is 39.0 Å². The molecule has 0 unspecified atom stereocenters. The van der Waals surface area contributed by atoms with E-state index in [9.17, 15) is 13.2 Å². The Morgan fingerprint density at radius 1 is 1.28 bits per heavy atom. The third-order valence-corrected chi connectivity index (χ3v) is 4.53. The van der Waals surface area contributed by atoms with Crippen molar-refractivity contribution in [2.75, 3.05) is 24.3 Å². The van der Waals surface area contributed by atoms with Crippen LogP contribution in [0.5, 0.6) is 0 Å². The molecule has 1 aliphatic rings. The molecule has 0 aliphatic carbocycles. The van der Waals surface area contributed by atoms with Crippen LogP contribution >= 0.6 is 0 Å². The molecular formula is C18H27NO5S. The second kappa shape index (κ2) is 6.61. The molecule has 0 saturated heterocycles. The molecule has 0 spiro atoms. The lowest BCUT2D eigenvalue weighted by Gasteiger charge is -2.25. The third-order valence-electron chi connectivity index (χ3n) is 3.94. The Kier molecular flexibility index (Phi) is 5.21. The SMILES string of the molecule is CC(C)(C)OC(=O)N1CC(C)(C)c2cc(CCOS(C)(=O)=O)ccc21. The van der Waals surface area contributed by atoms with Crippen molar-refractivity contribution in [3.8, 4) is 0 Å². The molecular weight excluding hydrogens is 342 g/mol. The summed E-state index contributed by atoms with van der Waals surface area (Å²) in [5.74, 6) is 0. The van der Waals surface area contributed by atoms with Gasteiger partial charge in [0.1, 0.15) is 5.60 Å². The minimum atomic E-state index is -3.44. The van der Waals surface area contributed by atoms with Crippen LogP contribution in [0.25, 0.3) is 0 Å². The Morgan fingerprint density at radius 2 is 1.92 bits per heavy atom. The number of anilines is 1. The fourth-order valence-electron chi connectivity index (χ4n) is 2.87. The number of nitrogens with zero attached hydrogens (tertiary/aromatic N) is 1. The molecule has 1 aromatic rings. The lowest BCUT2D eigenvalue weighted by atomic mass is 9.86. The van der Waals surface area contributed by atoms with Gasteiger partial charge in [-0.15, -0.1) is 0 Å². The van der Waals surface area contributed by atoms with Crippen molar-refractivity contribution in [2.45, 2.75) is 52.1 Å². The molecule has 6 nitrogen and oxygen atoms in total. The Morgan fingerprint density at radius 3 is 2.48 bits per heavy atom. The van der Waals surface area contributed by atoms with Gasteiger partial charge in [-0.25, -0.2) is 4.79 Å². The van der Waals surface area contributed by atoms with Crippen LogP contribution in [0.15, 0.2) is 18.2 Å². The van der Waals surface area contributed by atoms with E-state index >= 15 is 0 Å². The molecule has 1 aliphatic heterocycles. The predicted octanol–water partition coefficient (Wildman–Crippen LogP) is 3.24. The molecule has 0 atom stereocenters. The molecule has 140 valence electrons. The van der Waals surface area contributed by atoms with Gasteiger partial charge in [-0.1, -0.05) is 26.0 Å². The van der Waals surface area contributed by atoms with Gasteiger partial charge in [0.05, 0.1) is 18.6 Å². The summed E-state index contributed by atoms with van der Waals surface area (Å²) in [7, 11) is -3.44. The van der Waals surface area contributed by atoms with E-state index in [2.05, 4.69) is 13.8 Å². The maximum absolute atomic E-state index is 12.5. The summed E-state index contributed by atoms with van der Waals surface area (Å²) >= 11 is 0. The first kappa shape index (κ1) is 19.7. The summed E-state index contributed by atoms with van der Waals surface area (Å²) in [6.07, 6.45) is 1.17. The number of carbonyl (C=O) groups excluding carboxylic acids is 1.